The zero-order chi connectivity index (χ0) is 13.0. The first kappa shape index (κ1) is 12.0. The van der Waals surface area contributed by atoms with Gasteiger partial charge in [0.2, 0.25) is 11.9 Å². The number of hydrogen-bond acceptors (Lipinski definition) is 2. The monoisotopic (exact) mass is 249 g/mol. The van der Waals surface area contributed by atoms with E-state index in [0.29, 0.717) is 5.69 Å². The second kappa shape index (κ2) is 5.22. The summed E-state index contributed by atoms with van der Waals surface area (Å²) in [4.78, 5) is 14.4. The third-order valence-corrected chi connectivity index (χ3v) is 2.05. The van der Waals surface area contributed by atoms with E-state index in [0.717, 1.165) is 12.1 Å². The van der Waals surface area contributed by atoms with Gasteiger partial charge in [0.05, 0.1) is 5.69 Å². The van der Waals surface area contributed by atoms with Gasteiger partial charge in [-0.05, 0) is 12.1 Å². The first-order valence-corrected chi connectivity index (χ1v) is 5.09. The fourth-order valence-electron chi connectivity index (χ4n) is 1.35. The van der Waals surface area contributed by atoms with Crippen molar-refractivity contribution < 1.29 is 13.6 Å². The quantitative estimate of drug-likeness (QED) is 0.804. The molecule has 0 bridgehead atoms. The Morgan fingerprint density at radius 2 is 1.50 bits per heavy atom. The van der Waals surface area contributed by atoms with E-state index in [1.54, 1.807) is 30.3 Å². The van der Waals surface area contributed by atoms with Crippen LogP contribution in [0.3, 0.4) is 0 Å². The molecular weight excluding hydrogens is 240 g/mol. The Labute approximate surface area is 102 Å². The summed E-state index contributed by atoms with van der Waals surface area (Å²) in [5, 5.41) is 4.82. The highest BCUT2D eigenvalue weighted by molar-refractivity contribution is 5.99. The second-order valence-corrected chi connectivity index (χ2v) is 3.45. The van der Waals surface area contributed by atoms with Crippen molar-refractivity contribution in [2.24, 2.45) is 0 Å². The number of amides is 2. The normalized spacial score (nSPS) is 9.89. The third kappa shape index (κ3) is 3.24. The van der Waals surface area contributed by atoms with E-state index in [9.17, 15) is 13.6 Å². The number of pyridine rings is 1. The van der Waals surface area contributed by atoms with Crippen molar-refractivity contribution in [3.8, 4) is 0 Å². The van der Waals surface area contributed by atoms with E-state index >= 15 is 0 Å². The van der Waals surface area contributed by atoms with Crippen molar-refractivity contribution in [2.75, 3.05) is 10.6 Å². The maximum atomic E-state index is 12.8. The summed E-state index contributed by atoms with van der Waals surface area (Å²) in [6.45, 7) is 0. The van der Waals surface area contributed by atoms with Crippen LogP contribution in [0.4, 0.5) is 25.0 Å². The van der Waals surface area contributed by atoms with Crippen LogP contribution in [-0.4, -0.2) is 11.0 Å². The highest BCUT2D eigenvalue weighted by Crippen LogP contribution is 2.11. The molecule has 0 fully saturated rings. The Hall–Kier alpha value is -2.50. The molecule has 2 aromatic rings. The Bertz CT molecular complexity index is 540. The number of urea groups is 1. The molecule has 0 unspecified atom stereocenters. The van der Waals surface area contributed by atoms with E-state index < -0.39 is 17.9 Å². The van der Waals surface area contributed by atoms with Crippen LogP contribution in [0.25, 0.3) is 0 Å². The van der Waals surface area contributed by atoms with Crippen LogP contribution >= 0.6 is 0 Å². The molecule has 92 valence electrons. The Kier molecular flexibility index (Phi) is 3.47. The topological polar surface area (TPSA) is 54.0 Å². The number of para-hydroxylation sites is 1. The lowest BCUT2D eigenvalue weighted by Crippen LogP contribution is -2.19. The van der Waals surface area contributed by atoms with Gasteiger partial charge >= 0.3 is 6.03 Å². The summed E-state index contributed by atoms with van der Waals surface area (Å²) in [6.07, 6.45) is 0. The maximum Gasteiger partial charge on any atom is 0.323 e. The van der Waals surface area contributed by atoms with Gasteiger partial charge in [-0.25, -0.2) is 4.79 Å². The molecule has 0 aliphatic rings. The minimum atomic E-state index is -0.995. The van der Waals surface area contributed by atoms with E-state index in [1.807, 2.05) is 0 Å². The SMILES string of the molecule is O=C(Nc1ccccc1)Nc1cc(F)nc(F)c1. The number of carbonyl (C=O) groups excluding carboxylic acids is 1. The summed E-state index contributed by atoms with van der Waals surface area (Å²) in [5.74, 6) is -1.99. The zero-order valence-electron chi connectivity index (χ0n) is 9.15. The standard InChI is InChI=1S/C12H9F2N3O/c13-10-6-9(7-11(14)17-10)16-12(18)15-8-4-2-1-3-5-8/h1-7H,(H2,15,16,17,18). The van der Waals surface area contributed by atoms with E-state index in [2.05, 4.69) is 15.6 Å². The Balaban J connectivity index is 2.03. The van der Waals surface area contributed by atoms with Crippen LogP contribution in [-0.2, 0) is 0 Å². The smallest absolute Gasteiger partial charge is 0.308 e. The molecule has 0 saturated heterocycles. The number of nitrogens with zero attached hydrogens (tertiary/aromatic N) is 1. The van der Waals surface area contributed by atoms with Gasteiger partial charge in [-0.1, -0.05) is 18.2 Å². The largest absolute Gasteiger partial charge is 0.323 e. The summed E-state index contributed by atoms with van der Waals surface area (Å²) >= 11 is 0. The number of nitrogens with one attached hydrogen (secondary N) is 2. The second-order valence-electron chi connectivity index (χ2n) is 3.45. The minimum absolute atomic E-state index is 0.00608. The van der Waals surface area contributed by atoms with Crippen molar-refractivity contribution >= 4 is 17.4 Å². The van der Waals surface area contributed by atoms with Crippen LogP contribution < -0.4 is 10.6 Å². The molecule has 2 N–H and O–H groups in total. The first-order valence-electron chi connectivity index (χ1n) is 5.09. The molecule has 0 saturated carbocycles. The Morgan fingerprint density at radius 1 is 0.944 bits per heavy atom. The number of anilines is 2. The summed E-state index contributed by atoms with van der Waals surface area (Å²) in [5.41, 5.74) is 0.568. The molecule has 0 radical (unpaired) electrons. The summed E-state index contributed by atoms with van der Waals surface area (Å²) in [7, 11) is 0. The lowest BCUT2D eigenvalue weighted by Gasteiger charge is -2.07. The van der Waals surface area contributed by atoms with Crippen LogP contribution in [0.1, 0.15) is 0 Å². The molecule has 0 atom stereocenters. The molecule has 0 aliphatic heterocycles. The van der Waals surface area contributed by atoms with Crippen LogP contribution in [0.15, 0.2) is 42.5 Å². The van der Waals surface area contributed by atoms with Crippen molar-refractivity contribution in [3.05, 3.63) is 54.4 Å². The molecule has 1 aromatic heterocycles. The first-order chi connectivity index (χ1) is 8.63. The van der Waals surface area contributed by atoms with E-state index in [-0.39, 0.29) is 5.69 Å². The van der Waals surface area contributed by atoms with Gasteiger partial charge in [0.1, 0.15) is 0 Å². The molecule has 4 nitrogen and oxygen atoms in total. The van der Waals surface area contributed by atoms with Crippen LogP contribution in [0, 0.1) is 11.9 Å². The molecule has 0 aliphatic carbocycles. The Morgan fingerprint density at radius 3 is 2.11 bits per heavy atom. The number of aromatic nitrogens is 1. The van der Waals surface area contributed by atoms with Gasteiger partial charge < -0.3 is 10.6 Å². The molecule has 2 rings (SSSR count). The molecule has 18 heavy (non-hydrogen) atoms. The van der Waals surface area contributed by atoms with Crippen molar-refractivity contribution in [3.63, 3.8) is 0 Å². The van der Waals surface area contributed by atoms with E-state index in [1.165, 1.54) is 0 Å². The number of carbonyl (C=O) groups is 1. The van der Waals surface area contributed by atoms with Crippen LogP contribution in [0.5, 0.6) is 0 Å². The van der Waals surface area contributed by atoms with Gasteiger partial charge in [0.15, 0.2) is 0 Å². The molecule has 1 heterocycles. The fourth-order valence-corrected chi connectivity index (χ4v) is 1.35. The highest BCUT2D eigenvalue weighted by atomic mass is 19.1. The summed E-state index contributed by atoms with van der Waals surface area (Å²) in [6, 6.07) is 9.94. The van der Waals surface area contributed by atoms with Crippen molar-refractivity contribution in [1.29, 1.82) is 0 Å². The number of rotatable bonds is 2. The lowest BCUT2D eigenvalue weighted by molar-refractivity contribution is 0.262. The van der Waals surface area contributed by atoms with E-state index in [4.69, 9.17) is 0 Å². The molecule has 2 amide bonds. The van der Waals surface area contributed by atoms with Crippen molar-refractivity contribution in [2.45, 2.75) is 0 Å². The number of hydrogen-bond donors (Lipinski definition) is 2. The predicted octanol–water partition coefficient (Wildman–Crippen LogP) is 3.00. The zero-order valence-corrected chi connectivity index (χ0v) is 9.15. The number of halogens is 2. The van der Waals surface area contributed by atoms with Crippen molar-refractivity contribution in [1.82, 2.24) is 4.98 Å². The summed E-state index contributed by atoms with van der Waals surface area (Å²) < 4.78 is 25.6. The maximum absolute atomic E-state index is 12.8. The van der Waals surface area contributed by atoms with Gasteiger partial charge in [-0.2, -0.15) is 13.8 Å². The third-order valence-electron chi connectivity index (χ3n) is 2.05. The predicted molar refractivity (Wildman–Crippen MR) is 63.2 cm³/mol. The highest BCUT2D eigenvalue weighted by Gasteiger charge is 2.06. The van der Waals surface area contributed by atoms with Gasteiger partial charge in [-0.15, -0.1) is 0 Å². The lowest BCUT2D eigenvalue weighted by atomic mass is 10.3. The average Bonchev–Trinajstić information content (AvgIpc) is 2.28. The van der Waals surface area contributed by atoms with Gasteiger partial charge in [0, 0.05) is 17.8 Å². The number of benzene rings is 1. The molecular formula is C12H9F2N3O. The molecule has 0 spiro atoms. The van der Waals surface area contributed by atoms with Crippen LogP contribution in [0.2, 0.25) is 0 Å². The minimum Gasteiger partial charge on any atom is -0.308 e. The van der Waals surface area contributed by atoms with Gasteiger partial charge in [-0.3, -0.25) is 0 Å². The molecule has 6 heteroatoms. The molecule has 1 aromatic carbocycles. The fraction of sp³-hybridized carbons (Fsp3) is 0. The average molecular weight is 249 g/mol. The van der Waals surface area contributed by atoms with Gasteiger partial charge in [0.25, 0.3) is 0 Å².